The summed E-state index contributed by atoms with van der Waals surface area (Å²) < 4.78 is 5.71. The smallest absolute Gasteiger partial charge is 0.0902 e. The number of aromatic nitrogens is 1. The number of ether oxygens (including phenoxy) is 1. The summed E-state index contributed by atoms with van der Waals surface area (Å²) in [6.45, 7) is 5.54. The van der Waals surface area contributed by atoms with Gasteiger partial charge in [0.1, 0.15) is 0 Å². The van der Waals surface area contributed by atoms with E-state index in [1.807, 2.05) is 11.7 Å². The third kappa shape index (κ3) is 2.20. The predicted molar refractivity (Wildman–Crippen MR) is 60.9 cm³/mol. The van der Waals surface area contributed by atoms with Gasteiger partial charge in [-0.1, -0.05) is 6.92 Å². The first kappa shape index (κ1) is 11.0. The number of thiazole rings is 1. The van der Waals surface area contributed by atoms with Crippen molar-refractivity contribution < 1.29 is 4.74 Å². The second-order valence-electron chi connectivity index (χ2n) is 3.62. The van der Waals surface area contributed by atoms with E-state index in [-0.39, 0.29) is 6.10 Å². The fourth-order valence-corrected chi connectivity index (χ4v) is 2.88. The molecule has 1 aromatic heterocycles. The van der Waals surface area contributed by atoms with E-state index in [4.69, 9.17) is 10.5 Å². The van der Waals surface area contributed by atoms with Crippen molar-refractivity contribution in [2.75, 3.05) is 26.2 Å². The molecule has 0 aromatic carbocycles. The highest BCUT2D eigenvalue weighted by Crippen LogP contribution is 2.30. The summed E-state index contributed by atoms with van der Waals surface area (Å²) in [6.07, 6.45) is 2.04. The highest BCUT2D eigenvalue weighted by molar-refractivity contribution is 7.09. The molecule has 2 atom stereocenters. The molecule has 0 amide bonds. The molecule has 0 spiro atoms. The van der Waals surface area contributed by atoms with Gasteiger partial charge in [0.2, 0.25) is 0 Å². The molecule has 0 radical (unpaired) electrons. The van der Waals surface area contributed by atoms with Gasteiger partial charge in [-0.2, -0.15) is 0 Å². The molecular weight excluding hydrogens is 210 g/mol. The van der Waals surface area contributed by atoms with Crippen molar-refractivity contribution in [2.45, 2.75) is 19.1 Å². The van der Waals surface area contributed by atoms with Crippen LogP contribution in [0.1, 0.15) is 17.8 Å². The van der Waals surface area contributed by atoms with Crippen molar-refractivity contribution in [3.05, 3.63) is 16.6 Å². The van der Waals surface area contributed by atoms with Gasteiger partial charge in [0.05, 0.1) is 24.3 Å². The number of nitrogens with zero attached hydrogens (tertiary/aromatic N) is 2. The highest BCUT2D eigenvalue weighted by Gasteiger charge is 2.32. The molecule has 0 aliphatic carbocycles. The Kier molecular flexibility index (Phi) is 3.69. The molecule has 1 aliphatic rings. The number of hydrogen-bond acceptors (Lipinski definition) is 5. The Balaban J connectivity index is 2.20. The lowest BCUT2D eigenvalue weighted by atomic mass is 10.1. The van der Waals surface area contributed by atoms with Gasteiger partial charge in [0.15, 0.2) is 0 Å². The molecule has 0 bridgehead atoms. The van der Waals surface area contributed by atoms with Crippen LogP contribution in [0, 0.1) is 0 Å². The minimum absolute atomic E-state index is 0.110. The van der Waals surface area contributed by atoms with Crippen LogP contribution in [0.5, 0.6) is 0 Å². The summed E-state index contributed by atoms with van der Waals surface area (Å²) in [5.41, 5.74) is 7.62. The Hall–Kier alpha value is -0.490. The van der Waals surface area contributed by atoms with Crippen LogP contribution in [0.4, 0.5) is 0 Å². The summed E-state index contributed by atoms with van der Waals surface area (Å²) in [5, 5.41) is 0. The van der Waals surface area contributed by atoms with Crippen molar-refractivity contribution in [1.82, 2.24) is 9.88 Å². The molecular formula is C10H17N3OS. The van der Waals surface area contributed by atoms with Gasteiger partial charge in [0.25, 0.3) is 0 Å². The number of rotatable bonds is 3. The van der Waals surface area contributed by atoms with Crippen LogP contribution in [0.3, 0.4) is 0 Å². The molecule has 1 aromatic rings. The summed E-state index contributed by atoms with van der Waals surface area (Å²) in [4.78, 5) is 7.80. The largest absolute Gasteiger partial charge is 0.374 e. The normalized spacial score (nSPS) is 28.1. The molecule has 5 heteroatoms. The number of nitrogens with two attached hydrogens (primary N) is 1. The third-order valence-corrected chi connectivity index (χ3v) is 3.68. The van der Waals surface area contributed by atoms with Gasteiger partial charge in [-0.3, -0.25) is 9.88 Å². The van der Waals surface area contributed by atoms with E-state index in [1.54, 1.807) is 11.3 Å². The molecule has 2 N–H and O–H groups in total. The molecule has 2 heterocycles. The molecule has 84 valence electrons. The molecule has 1 aliphatic heterocycles. The average molecular weight is 227 g/mol. The van der Waals surface area contributed by atoms with Gasteiger partial charge in [-0.25, -0.2) is 0 Å². The zero-order chi connectivity index (χ0) is 10.7. The van der Waals surface area contributed by atoms with E-state index in [0.29, 0.717) is 12.6 Å². The Morgan fingerprint density at radius 2 is 2.60 bits per heavy atom. The number of morpholine rings is 1. The van der Waals surface area contributed by atoms with Crippen LogP contribution in [0.2, 0.25) is 0 Å². The fourth-order valence-electron chi connectivity index (χ4n) is 2.07. The topological polar surface area (TPSA) is 51.4 Å². The fraction of sp³-hybridized carbons (Fsp3) is 0.700. The predicted octanol–water partition coefficient (Wildman–Crippen LogP) is 0.864. The van der Waals surface area contributed by atoms with Crippen LogP contribution >= 0.6 is 11.3 Å². The highest BCUT2D eigenvalue weighted by atomic mass is 32.1. The first-order valence-electron chi connectivity index (χ1n) is 5.31. The molecule has 15 heavy (non-hydrogen) atoms. The average Bonchev–Trinajstić information content (AvgIpc) is 2.81. The molecule has 1 fully saturated rings. The lowest BCUT2D eigenvalue weighted by Crippen LogP contribution is -2.47. The minimum atomic E-state index is 0.110. The van der Waals surface area contributed by atoms with Gasteiger partial charge >= 0.3 is 0 Å². The summed E-state index contributed by atoms with van der Waals surface area (Å²) in [7, 11) is 0. The van der Waals surface area contributed by atoms with Crippen molar-refractivity contribution in [3.8, 4) is 0 Å². The first-order chi connectivity index (χ1) is 7.36. The number of likely N-dealkylation sites (N-methyl/N-ethyl adjacent to an activating group) is 1. The van der Waals surface area contributed by atoms with Crippen molar-refractivity contribution in [1.29, 1.82) is 0 Å². The lowest BCUT2D eigenvalue weighted by Gasteiger charge is -2.39. The van der Waals surface area contributed by atoms with Gasteiger partial charge < -0.3 is 10.5 Å². The van der Waals surface area contributed by atoms with Crippen LogP contribution in [-0.2, 0) is 4.74 Å². The molecule has 2 rings (SSSR count). The van der Waals surface area contributed by atoms with Gasteiger partial charge in [-0.05, 0) is 6.54 Å². The SMILES string of the molecule is CCN1CCOC(CN)C1c1cncs1. The maximum Gasteiger partial charge on any atom is 0.0902 e. The Morgan fingerprint density at radius 3 is 3.20 bits per heavy atom. The van der Waals surface area contributed by atoms with Crippen molar-refractivity contribution in [2.24, 2.45) is 5.73 Å². The van der Waals surface area contributed by atoms with Crippen molar-refractivity contribution >= 4 is 11.3 Å². The first-order valence-corrected chi connectivity index (χ1v) is 6.19. The third-order valence-electron chi connectivity index (χ3n) is 2.84. The molecule has 1 saturated heterocycles. The van der Waals surface area contributed by atoms with Gasteiger partial charge in [-0.15, -0.1) is 11.3 Å². The Labute approximate surface area is 94.1 Å². The Morgan fingerprint density at radius 1 is 1.73 bits per heavy atom. The van der Waals surface area contributed by atoms with Crippen LogP contribution in [0.15, 0.2) is 11.7 Å². The molecule has 2 unspecified atom stereocenters. The molecule has 0 saturated carbocycles. The van der Waals surface area contributed by atoms with E-state index >= 15 is 0 Å². The van der Waals surface area contributed by atoms with Crippen LogP contribution in [-0.4, -0.2) is 42.2 Å². The standard InChI is InChI=1S/C10H17N3OS/c1-2-13-3-4-14-8(5-11)10(13)9-6-12-7-15-9/h6-8,10H,2-5,11H2,1H3. The van der Waals surface area contributed by atoms with E-state index in [0.717, 1.165) is 19.7 Å². The maximum absolute atomic E-state index is 5.75. The van der Waals surface area contributed by atoms with E-state index in [9.17, 15) is 0 Å². The quantitative estimate of drug-likeness (QED) is 0.832. The van der Waals surface area contributed by atoms with E-state index in [2.05, 4.69) is 16.8 Å². The van der Waals surface area contributed by atoms with Crippen LogP contribution in [0.25, 0.3) is 0 Å². The summed E-state index contributed by atoms with van der Waals surface area (Å²) in [6, 6.07) is 0.293. The zero-order valence-corrected chi connectivity index (χ0v) is 9.74. The lowest BCUT2D eigenvalue weighted by molar-refractivity contribution is -0.0647. The second kappa shape index (κ2) is 5.03. The monoisotopic (exact) mass is 227 g/mol. The van der Waals surface area contributed by atoms with E-state index in [1.165, 1.54) is 4.88 Å². The Bertz CT molecular complexity index is 279. The van der Waals surface area contributed by atoms with Crippen molar-refractivity contribution in [3.63, 3.8) is 0 Å². The van der Waals surface area contributed by atoms with Gasteiger partial charge in [0, 0.05) is 24.2 Å². The second-order valence-corrected chi connectivity index (χ2v) is 4.54. The number of hydrogen-bond donors (Lipinski definition) is 1. The summed E-state index contributed by atoms with van der Waals surface area (Å²) >= 11 is 1.68. The van der Waals surface area contributed by atoms with Crippen LogP contribution < -0.4 is 5.73 Å². The maximum atomic E-state index is 5.75. The van der Waals surface area contributed by atoms with E-state index < -0.39 is 0 Å². The zero-order valence-electron chi connectivity index (χ0n) is 8.93. The minimum Gasteiger partial charge on any atom is -0.374 e. The molecule has 4 nitrogen and oxygen atoms in total. The summed E-state index contributed by atoms with van der Waals surface area (Å²) in [5.74, 6) is 0.